The SMILES string of the molecule is CC(C)Oc1ccccc1[C@@H](N)C(F)(F)F. The summed E-state index contributed by atoms with van der Waals surface area (Å²) < 4.78 is 42.7. The first-order chi connectivity index (χ1) is 7.32. The number of halogens is 3. The van der Waals surface area contributed by atoms with Crippen LogP contribution in [0.2, 0.25) is 0 Å². The smallest absolute Gasteiger partial charge is 0.407 e. The van der Waals surface area contributed by atoms with E-state index in [2.05, 4.69) is 0 Å². The number of ether oxygens (including phenoxy) is 1. The number of hydrogen-bond donors (Lipinski definition) is 1. The average molecular weight is 233 g/mol. The molecule has 0 amide bonds. The zero-order valence-corrected chi connectivity index (χ0v) is 9.08. The Bertz CT molecular complexity index is 349. The lowest BCUT2D eigenvalue weighted by Crippen LogP contribution is -2.29. The topological polar surface area (TPSA) is 35.2 Å². The van der Waals surface area contributed by atoms with Gasteiger partial charge in [0.05, 0.1) is 6.10 Å². The van der Waals surface area contributed by atoms with Crippen molar-refractivity contribution in [1.82, 2.24) is 0 Å². The second kappa shape index (κ2) is 4.74. The molecule has 1 aromatic carbocycles. The minimum absolute atomic E-state index is 0.0382. The molecule has 2 N–H and O–H groups in total. The molecule has 0 unspecified atom stereocenters. The highest BCUT2D eigenvalue weighted by molar-refractivity contribution is 5.36. The molecule has 90 valence electrons. The van der Waals surface area contributed by atoms with Gasteiger partial charge in [-0.15, -0.1) is 0 Å². The summed E-state index contributed by atoms with van der Waals surface area (Å²) in [6.07, 6.45) is -4.65. The van der Waals surface area contributed by atoms with Gasteiger partial charge in [-0.3, -0.25) is 0 Å². The van der Waals surface area contributed by atoms with Crippen LogP contribution in [0.5, 0.6) is 5.75 Å². The van der Waals surface area contributed by atoms with Gasteiger partial charge in [-0.2, -0.15) is 13.2 Å². The van der Waals surface area contributed by atoms with Gasteiger partial charge >= 0.3 is 6.18 Å². The molecule has 16 heavy (non-hydrogen) atoms. The predicted molar refractivity (Wildman–Crippen MR) is 55.2 cm³/mol. The van der Waals surface area contributed by atoms with Crippen LogP contribution >= 0.6 is 0 Å². The van der Waals surface area contributed by atoms with Gasteiger partial charge in [-0.25, -0.2) is 0 Å². The molecular formula is C11H14F3NO. The van der Waals surface area contributed by atoms with E-state index in [-0.39, 0.29) is 17.4 Å². The van der Waals surface area contributed by atoms with Gasteiger partial charge in [0.1, 0.15) is 11.8 Å². The normalized spacial score (nSPS) is 13.9. The van der Waals surface area contributed by atoms with Gasteiger partial charge in [-0.05, 0) is 19.9 Å². The van der Waals surface area contributed by atoms with Crippen LogP contribution in [0.15, 0.2) is 24.3 Å². The Morgan fingerprint density at radius 3 is 2.25 bits per heavy atom. The van der Waals surface area contributed by atoms with Gasteiger partial charge in [0.15, 0.2) is 0 Å². The van der Waals surface area contributed by atoms with Crippen LogP contribution in [-0.4, -0.2) is 12.3 Å². The van der Waals surface area contributed by atoms with E-state index >= 15 is 0 Å². The molecule has 0 radical (unpaired) electrons. The molecule has 1 atom stereocenters. The van der Waals surface area contributed by atoms with Gasteiger partial charge < -0.3 is 10.5 Å². The fraction of sp³-hybridized carbons (Fsp3) is 0.455. The van der Waals surface area contributed by atoms with Crippen LogP contribution in [0.25, 0.3) is 0 Å². The Morgan fingerprint density at radius 2 is 1.75 bits per heavy atom. The lowest BCUT2D eigenvalue weighted by atomic mass is 10.1. The van der Waals surface area contributed by atoms with E-state index in [0.29, 0.717) is 0 Å². The molecule has 1 rings (SSSR count). The van der Waals surface area contributed by atoms with Gasteiger partial charge in [0.2, 0.25) is 0 Å². The largest absolute Gasteiger partial charge is 0.491 e. The minimum Gasteiger partial charge on any atom is -0.491 e. The number of alkyl halides is 3. The van der Waals surface area contributed by atoms with Crippen molar-refractivity contribution < 1.29 is 17.9 Å². The standard InChI is InChI=1S/C11H14F3NO/c1-7(2)16-9-6-4-3-5-8(9)10(15)11(12,13)14/h3-7,10H,15H2,1-2H3/t10-/m1/s1. The van der Waals surface area contributed by atoms with Crippen LogP contribution in [0.1, 0.15) is 25.5 Å². The molecule has 0 saturated carbocycles. The molecule has 0 aliphatic heterocycles. The molecule has 0 bridgehead atoms. The summed E-state index contributed by atoms with van der Waals surface area (Å²) in [6, 6.07) is 3.93. The third kappa shape index (κ3) is 3.13. The van der Waals surface area contributed by atoms with Crippen molar-refractivity contribution in [2.45, 2.75) is 32.2 Å². The van der Waals surface area contributed by atoms with E-state index in [9.17, 15) is 13.2 Å². The summed E-state index contributed by atoms with van der Waals surface area (Å²) >= 11 is 0. The summed E-state index contributed by atoms with van der Waals surface area (Å²) in [5, 5.41) is 0. The maximum Gasteiger partial charge on any atom is 0.407 e. The first-order valence-corrected chi connectivity index (χ1v) is 4.90. The lowest BCUT2D eigenvalue weighted by molar-refractivity contribution is -0.149. The molecule has 0 fully saturated rings. The zero-order chi connectivity index (χ0) is 12.3. The maximum atomic E-state index is 12.5. The molecule has 5 heteroatoms. The fourth-order valence-corrected chi connectivity index (χ4v) is 1.28. The molecular weight excluding hydrogens is 219 g/mol. The number of nitrogens with two attached hydrogens (primary N) is 1. The second-order valence-corrected chi connectivity index (χ2v) is 3.72. The fourth-order valence-electron chi connectivity index (χ4n) is 1.28. The number of para-hydroxylation sites is 1. The predicted octanol–water partition coefficient (Wildman–Crippen LogP) is 3.04. The van der Waals surface area contributed by atoms with E-state index in [0.717, 1.165) is 0 Å². The maximum absolute atomic E-state index is 12.5. The third-order valence-electron chi connectivity index (χ3n) is 1.97. The summed E-state index contributed by atoms with van der Waals surface area (Å²) in [7, 11) is 0. The highest BCUT2D eigenvalue weighted by Gasteiger charge is 2.39. The Labute approximate surface area is 92.2 Å². The van der Waals surface area contributed by atoms with Gasteiger partial charge in [-0.1, -0.05) is 18.2 Å². The Balaban J connectivity index is 3.03. The van der Waals surface area contributed by atoms with Crippen molar-refractivity contribution in [3.05, 3.63) is 29.8 Å². The summed E-state index contributed by atoms with van der Waals surface area (Å²) in [6.45, 7) is 3.49. The Kier molecular flexibility index (Phi) is 3.80. The van der Waals surface area contributed by atoms with Crippen LogP contribution in [0.4, 0.5) is 13.2 Å². The molecule has 0 aliphatic rings. The first kappa shape index (κ1) is 12.8. The summed E-state index contributed by atoms with van der Waals surface area (Å²) in [5.74, 6) is 0.183. The average Bonchev–Trinajstić information content (AvgIpc) is 2.15. The molecule has 1 aromatic rings. The minimum atomic E-state index is -4.46. The molecule has 0 aromatic heterocycles. The summed E-state index contributed by atoms with van der Waals surface area (Å²) in [4.78, 5) is 0. The van der Waals surface area contributed by atoms with Crippen molar-refractivity contribution in [2.75, 3.05) is 0 Å². The Hall–Kier alpha value is -1.23. The van der Waals surface area contributed by atoms with Crippen molar-refractivity contribution in [3.8, 4) is 5.75 Å². The number of hydrogen-bond acceptors (Lipinski definition) is 2. The molecule has 0 aliphatic carbocycles. The van der Waals surface area contributed by atoms with Crippen LogP contribution in [0.3, 0.4) is 0 Å². The molecule has 0 heterocycles. The van der Waals surface area contributed by atoms with Crippen LogP contribution in [-0.2, 0) is 0 Å². The van der Waals surface area contributed by atoms with E-state index in [1.165, 1.54) is 18.2 Å². The zero-order valence-electron chi connectivity index (χ0n) is 9.08. The van der Waals surface area contributed by atoms with E-state index in [1.54, 1.807) is 19.9 Å². The molecule has 2 nitrogen and oxygen atoms in total. The van der Waals surface area contributed by atoms with Crippen molar-refractivity contribution in [1.29, 1.82) is 0 Å². The van der Waals surface area contributed by atoms with Crippen molar-refractivity contribution in [2.24, 2.45) is 5.73 Å². The third-order valence-corrected chi connectivity index (χ3v) is 1.97. The summed E-state index contributed by atoms with van der Waals surface area (Å²) in [5.41, 5.74) is 5.11. The second-order valence-electron chi connectivity index (χ2n) is 3.72. The highest BCUT2D eigenvalue weighted by atomic mass is 19.4. The van der Waals surface area contributed by atoms with E-state index in [1.807, 2.05) is 0 Å². The van der Waals surface area contributed by atoms with Crippen LogP contribution < -0.4 is 10.5 Å². The van der Waals surface area contributed by atoms with E-state index in [4.69, 9.17) is 10.5 Å². The van der Waals surface area contributed by atoms with E-state index < -0.39 is 12.2 Å². The Morgan fingerprint density at radius 1 is 1.19 bits per heavy atom. The number of rotatable bonds is 3. The number of benzene rings is 1. The van der Waals surface area contributed by atoms with Gasteiger partial charge in [0, 0.05) is 5.56 Å². The van der Waals surface area contributed by atoms with Crippen molar-refractivity contribution >= 4 is 0 Å². The monoisotopic (exact) mass is 233 g/mol. The van der Waals surface area contributed by atoms with Gasteiger partial charge in [0.25, 0.3) is 0 Å². The lowest BCUT2D eigenvalue weighted by Gasteiger charge is -2.20. The first-order valence-electron chi connectivity index (χ1n) is 4.90. The molecule has 0 spiro atoms. The highest BCUT2D eigenvalue weighted by Crippen LogP contribution is 2.35. The van der Waals surface area contributed by atoms with Crippen LogP contribution in [0, 0.1) is 0 Å². The quantitative estimate of drug-likeness (QED) is 0.870. The van der Waals surface area contributed by atoms with Crippen molar-refractivity contribution in [3.63, 3.8) is 0 Å². The molecule has 0 saturated heterocycles.